The Morgan fingerprint density at radius 1 is 1.00 bits per heavy atom. The number of hydrogen-bond donors (Lipinski definition) is 0. The van der Waals surface area contributed by atoms with Crippen LogP contribution in [-0.2, 0) is 17.6 Å². The molecule has 3 aromatic heterocycles. The molecule has 32 heavy (non-hydrogen) atoms. The molecule has 5 heterocycles. The number of fused-ring (bicyclic) bond motifs is 3. The molecule has 7 heteroatoms. The standard InChI is InChI=1S/C25H29N5OS/c31-25(30-12-2-1-3-13-30)17-9-14-29(15-10-17)23-21-19-7-4-8-20(19)32-24(21)28-22(27-23)18-6-5-11-26-16-18/h5-6,11,16-17H,1-4,7-10,12-15H2. The number of hydrogen-bond acceptors (Lipinski definition) is 6. The van der Waals surface area contributed by atoms with Crippen molar-refractivity contribution in [3.05, 3.63) is 35.0 Å². The van der Waals surface area contributed by atoms with Gasteiger partial charge in [-0.25, -0.2) is 9.97 Å². The van der Waals surface area contributed by atoms with Crippen LogP contribution < -0.4 is 4.90 Å². The number of amides is 1. The summed E-state index contributed by atoms with van der Waals surface area (Å²) in [7, 11) is 0. The summed E-state index contributed by atoms with van der Waals surface area (Å²) in [5, 5.41) is 1.26. The number of likely N-dealkylation sites (tertiary alicyclic amines) is 1. The minimum atomic E-state index is 0.160. The highest BCUT2D eigenvalue weighted by molar-refractivity contribution is 7.19. The van der Waals surface area contributed by atoms with Crippen molar-refractivity contribution < 1.29 is 4.79 Å². The number of pyridine rings is 1. The van der Waals surface area contributed by atoms with E-state index < -0.39 is 0 Å². The number of nitrogens with zero attached hydrogens (tertiary/aromatic N) is 5. The van der Waals surface area contributed by atoms with Crippen LogP contribution in [0.5, 0.6) is 0 Å². The van der Waals surface area contributed by atoms with Crippen LogP contribution in [0.15, 0.2) is 24.5 Å². The lowest BCUT2D eigenvalue weighted by Gasteiger charge is -2.36. The summed E-state index contributed by atoms with van der Waals surface area (Å²) in [6.07, 6.45) is 12.5. The molecule has 6 nitrogen and oxygen atoms in total. The lowest BCUT2D eigenvalue weighted by Crippen LogP contribution is -2.44. The Hall–Kier alpha value is -2.54. The van der Waals surface area contributed by atoms with Gasteiger partial charge in [0.2, 0.25) is 5.91 Å². The van der Waals surface area contributed by atoms with Gasteiger partial charge in [-0.15, -0.1) is 11.3 Å². The molecule has 0 unspecified atom stereocenters. The smallest absolute Gasteiger partial charge is 0.225 e. The molecule has 6 rings (SSSR count). The summed E-state index contributed by atoms with van der Waals surface area (Å²) >= 11 is 1.84. The van der Waals surface area contributed by atoms with Crippen molar-refractivity contribution >= 4 is 33.3 Å². The van der Waals surface area contributed by atoms with E-state index in [1.807, 2.05) is 29.7 Å². The quantitative estimate of drug-likeness (QED) is 0.593. The summed E-state index contributed by atoms with van der Waals surface area (Å²) in [6, 6.07) is 3.97. The number of thiophene rings is 1. The molecule has 166 valence electrons. The third-order valence-electron chi connectivity index (χ3n) is 7.28. The molecule has 0 radical (unpaired) electrons. The monoisotopic (exact) mass is 447 g/mol. The molecular weight excluding hydrogens is 418 g/mol. The first-order valence-electron chi connectivity index (χ1n) is 12.0. The molecule has 1 amide bonds. The van der Waals surface area contributed by atoms with Crippen LogP contribution in [0.2, 0.25) is 0 Å². The average molecular weight is 448 g/mol. The first-order chi connectivity index (χ1) is 15.8. The van der Waals surface area contributed by atoms with Gasteiger partial charge >= 0.3 is 0 Å². The number of anilines is 1. The fourth-order valence-electron chi connectivity index (χ4n) is 5.54. The number of aromatic nitrogens is 3. The van der Waals surface area contributed by atoms with E-state index in [0.717, 1.165) is 86.7 Å². The van der Waals surface area contributed by atoms with Crippen LogP contribution in [0, 0.1) is 5.92 Å². The maximum absolute atomic E-state index is 13.0. The van der Waals surface area contributed by atoms with E-state index in [2.05, 4.69) is 14.8 Å². The van der Waals surface area contributed by atoms with Crippen LogP contribution in [0.3, 0.4) is 0 Å². The van der Waals surface area contributed by atoms with E-state index in [9.17, 15) is 4.79 Å². The van der Waals surface area contributed by atoms with Crippen molar-refractivity contribution in [2.24, 2.45) is 5.92 Å². The van der Waals surface area contributed by atoms with Crippen molar-refractivity contribution in [1.82, 2.24) is 19.9 Å². The van der Waals surface area contributed by atoms with E-state index in [-0.39, 0.29) is 5.92 Å². The summed E-state index contributed by atoms with van der Waals surface area (Å²) in [5.41, 5.74) is 2.42. The van der Waals surface area contributed by atoms with Crippen LogP contribution in [-0.4, -0.2) is 51.9 Å². The molecule has 0 N–H and O–H groups in total. The molecule has 2 fully saturated rings. The average Bonchev–Trinajstić information content (AvgIpc) is 3.45. The fourth-order valence-corrected chi connectivity index (χ4v) is 6.80. The molecule has 0 aromatic carbocycles. The van der Waals surface area contributed by atoms with Gasteiger partial charge in [0.05, 0.1) is 5.39 Å². The van der Waals surface area contributed by atoms with Gasteiger partial charge < -0.3 is 9.80 Å². The SMILES string of the molecule is O=C(C1CCN(c2nc(-c3cccnc3)nc3sc4c(c23)CCC4)CC1)N1CCCCC1. The van der Waals surface area contributed by atoms with Crippen molar-refractivity contribution in [2.75, 3.05) is 31.1 Å². The molecule has 3 aromatic rings. The molecule has 0 saturated carbocycles. The van der Waals surface area contributed by atoms with Crippen molar-refractivity contribution in [3.63, 3.8) is 0 Å². The maximum atomic E-state index is 13.0. The van der Waals surface area contributed by atoms with E-state index in [1.165, 1.54) is 28.7 Å². The highest BCUT2D eigenvalue weighted by Gasteiger charge is 2.32. The highest BCUT2D eigenvalue weighted by Crippen LogP contribution is 2.42. The Morgan fingerprint density at radius 2 is 1.84 bits per heavy atom. The van der Waals surface area contributed by atoms with E-state index in [4.69, 9.17) is 9.97 Å². The van der Waals surface area contributed by atoms with Crippen LogP contribution in [0.4, 0.5) is 5.82 Å². The number of aryl methyl sites for hydroxylation is 2. The zero-order valence-corrected chi connectivity index (χ0v) is 19.2. The predicted octanol–water partition coefficient (Wildman–Crippen LogP) is 4.47. The van der Waals surface area contributed by atoms with E-state index >= 15 is 0 Å². The van der Waals surface area contributed by atoms with Crippen LogP contribution in [0.25, 0.3) is 21.6 Å². The maximum Gasteiger partial charge on any atom is 0.225 e. The van der Waals surface area contributed by atoms with Gasteiger partial charge in [-0.1, -0.05) is 0 Å². The van der Waals surface area contributed by atoms with E-state index in [1.54, 1.807) is 6.20 Å². The second kappa shape index (κ2) is 8.43. The molecule has 0 bridgehead atoms. The van der Waals surface area contributed by atoms with Crippen molar-refractivity contribution in [1.29, 1.82) is 0 Å². The normalized spacial score (nSPS) is 19.5. The largest absolute Gasteiger partial charge is 0.356 e. The third kappa shape index (κ3) is 3.56. The number of rotatable bonds is 3. The van der Waals surface area contributed by atoms with Gasteiger partial charge in [0.25, 0.3) is 0 Å². The minimum Gasteiger partial charge on any atom is -0.356 e. The highest BCUT2D eigenvalue weighted by atomic mass is 32.1. The zero-order chi connectivity index (χ0) is 21.5. The fraction of sp³-hybridized carbons (Fsp3) is 0.520. The minimum absolute atomic E-state index is 0.160. The van der Waals surface area contributed by atoms with Gasteiger partial charge in [0.1, 0.15) is 10.6 Å². The molecule has 3 aliphatic rings. The van der Waals surface area contributed by atoms with Crippen LogP contribution in [0.1, 0.15) is 49.0 Å². The van der Waals surface area contributed by atoms with Gasteiger partial charge in [0, 0.05) is 54.9 Å². The Balaban J connectivity index is 1.30. The molecule has 0 atom stereocenters. The van der Waals surface area contributed by atoms with Gasteiger partial charge in [0.15, 0.2) is 5.82 Å². The Bertz CT molecular complexity index is 1130. The van der Waals surface area contributed by atoms with Gasteiger partial charge in [-0.2, -0.15) is 0 Å². The Kier molecular flexibility index (Phi) is 5.29. The Morgan fingerprint density at radius 3 is 2.62 bits per heavy atom. The first kappa shape index (κ1) is 20.1. The molecule has 1 aliphatic carbocycles. The molecule has 2 saturated heterocycles. The molecular formula is C25H29N5OS. The Labute approximate surface area is 192 Å². The van der Waals surface area contributed by atoms with Gasteiger partial charge in [-0.3, -0.25) is 9.78 Å². The lowest BCUT2D eigenvalue weighted by molar-refractivity contribution is -0.137. The van der Waals surface area contributed by atoms with Crippen molar-refractivity contribution in [2.45, 2.75) is 51.4 Å². The first-order valence-corrected chi connectivity index (χ1v) is 12.9. The van der Waals surface area contributed by atoms with Crippen molar-refractivity contribution in [3.8, 4) is 11.4 Å². The topological polar surface area (TPSA) is 62.2 Å². The number of carbonyl (C=O) groups is 1. The van der Waals surface area contributed by atoms with E-state index in [0.29, 0.717) is 5.91 Å². The summed E-state index contributed by atoms with van der Waals surface area (Å²) < 4.78 is 0. The second-order valence-corrected chi connectivity index (χ2v) is 10.4. The number of piperidine rings is 2. The van der Waals surface area contributed by atoms with Gasteiger partial charge in [-0.05, 0) is 69.1 Å². The molecule has 0 spiro atoms. The molecule has 2 aliphatic heterocycles. The lowest BCUT2D eigenvalue weighted by atomic mass is 9.94. The zero-order valence-electron chi connectivity index (χ0n) is 18.4. The number of carbonyl (C=O) groups excluding carboxylic acids is 1. The third-order valence-corrected chi connectivity index (χ3v) is 8.46. The summed E-state index contributed by atoms with van der Waals surface area (Å²) in [6.45, 7) is 3.66. The second-order valence-electron chi connectivity index (χ2n) is 9.30. The van der Waals surface area contributed by atoms with Crippen LogP contribution >= 0.6 is 11.3 Å². The summed E-state index contributed by atoms with van der Waals surface area (Å²) in [4.78, 5) is 34.5. The predicted molar refractivity (Wildman–Crippen MR) is 128 cm³/mol. The summed E-state index contributed by atoms with van der Waals surface area (Å²) in [5.74, 6) is 2.36.